The number of hydrogen-bond acceptors (Lipinski definition) is 5. The fourth-order valence-corrected chi connectivity index (χ4v) is 1.41. The van der Waals surface area contributed by atoms with Crippen LogP contribution in [0.25, 0.3) is 0 Å². The van der Waals surface area contributed by atoms with Gasteiger partial charge in [-0.05, 0) is 26.0 Å². The van der Waals surface area contributed by atoms with Crippen LogP contribution in [0.2, 0.25) is 0 Å². The summed E-state index contributed by atoms with van der Waals surface area (Å²) in [5.74, 6) is 0.595. The van der Waals surface area contributed by atoms with Crippen molar-refractivity contribution in [1.29, 1.82) is 5.26 Å². The summed E-state index contributed by atoms with van der Waals surface area (Å²) in [4.78, 5) is 12.4. The standard InChI is InChI=1S/C12H11N5/c1-8-3-4-11(9(2)16-8)17-12-7-14-10(5-13)6-15-12/h3-4,6-7H,1-2H3,(H,15,17). The molecule has 0 bridgehead atoms. The molecule has 0 saturated carbocycles. The normalized spacial score (nSPS) is 9.71. The lowest BCUT2D eigenvalue weighted by atomic mass is 10.3. The molecule has 0 atom stereocenters. The number of nitriles is 1. The second-order valence-electron chi connectivity index (χ2n) is 3.61. The van der Waals surface area contributed by atoms with Crippen LogP contribution in [-0.2, 0) is 0 Å². The molecule has 2 aromatic heterocycles. The number of aryl methyl sites for hydroxylation is 2. The molecule has 0 unspecified atom stereocenters. The van der Waals surface area contributed by atoms with Crippen molar-refractivity contribution in [2.75, 3.05) is 5.32 Å². The highest BCUT2D eigenvalue weighted by Crippen LogP contribution is 2.17. The zero-order valence-corrected chi connectivity index (χ0v) is 9.60. The summed E-state index contributed by atoms with van der Waals surface area (Å²) < 4.78 is 0. The third-order valence-corrected chi connectivity index (χ3v) is 2.25. The van der Waals surface area contributed by atoms with E-state index >= 15 is 0 Å². The van der Waals surface area contributed by atoms with Crippen LogP contribution in [0.1, 0.15) is 17.1 Å². The summed E-state index contributed by atoms with van der Waals surface area (Å²) in [6.45, 7) is 3.87. The van der Waals surface area contributed by atoms with Crippen LogP contribution < -0.4 is 5.32 Å². The van der Waals surface area contributed by atoms with Crippen molar-refractivity contribution in [1.82, 2.24) is 15.0 Å². The van der Waals surface area contributed by atoms with Crippen LogP contribution in [-0.4, -0.2) is 15.0 Å². The molecule has 0 aliphatic heterocycles. The minimum atomic E-state index is 0.300. The third-order valence-electron chi connectivity index (χ3n) is 2.25. The Morgan fingerprint density at radius 1 is 1.18 bits per heavy atom. The minimum absolute atomic E-state index is 0.300. The lowest BCUT2D eigenvalue weighted by Gasteiger charge is -2.08. The summed E-state index contributed by atoms with van der Waals surface area (Å²) in [7, 11) is 0. The Hall–Kier alpha value is -2.48. The number of nitrogens with one attached hydrogen (secondary N) is 1. The molecule has 0 aromatic carbocycles. The Bertz CT molecular complexity index is 568. The first kappa shape index (κ1) is 11.0. The fourth-order valence-electron chi connectivity index (χ4n) is 1.41. The van der Waals surface area contributed by atoms with Crippen molar-refractivity contribution < 1.29 is 0 Å². The van der Waals surface area contributed by atoms with E-state index in [9.17, 15) is 0 Å². The van der Waals surface area contributed by atoms with Gasteiger partial charge in [-0.1, -0.05) is 0 Å². The van der Waals surface area contributed by atoms with E-state index in [1.165, 1.54) is 12.4 Å². The Balaban J connectivity index is 2.23. The molecule has 0 spiro atoms. The van der Waals surface area contributed by atoms with Gasteiger partial charge in [-0.25, -0.2) is 9.97 Å². The Morgan fingerprint density at radius 2 is 2.00 bits per heavy atom. The highest BCUT2D eigenvalue weighted by molar-refractivity contribution is 5.57. The molecule has 2 heterocycles. The van der Waals surface area contributed by atoms with E-state index in [1.54, 1.807) is 0 Å². The molecule has 5 nitrogen and oxygen atoms in total. The molecule has 17 heavy (non-hydrogen) atoms. The SMILES string of the molecule is Cc1ccc(Nc2cnc(C#N)cn2)c(C)n1. The van der Waals surface area contributed by atoms with E-state index in [2.05, 4.69) is 20.3 Å². The van der Waals surface area contributed by atoms with Gasteiger partial charge in [0.15, 0.2) is 5.69 Å². The zero-order valence-electron chi connectivity index (χ0n) is 9.60. The summed E-state index contributed by atoms with van der Waals surface area (Å²) in [5.41, 5.74) is 3.05. The fraction of sp³-hybridized carbons (Fsp3) is 0.167. The van der Waals surface area contributed by atoms with Crippen molar-refractivity contribution in [2.45, 2.75) is 13.8 Å². The molecule has 0 aliphatic carbocycles. The van der Waals surface area contributed by atoms with Gasteiger partial charge in [0.1, 0.15) is 11.9 Å². The monoisotopic (exact) mass is 225 g/mol. The van der Waals surface area contributed by atoms with Gasteiger partial charge in [0.25, 0.3) is 0 Å². The summed E-state index contributed by atoms with van der Waals surface area (Å²) in [6.07, 6.45) is 2.96. The molecular formula is C12H11N5. The van der Waals surface area contributed by atoms with Gasteiger partial charge in [0.2, 0.25) is 0 Å². The average molecular weight is 225 g/mol. The average Bonchev–Trinajstić information content (AvgIpc) is 2.34. The lowest BCUT2D eigenvalue weighted by molar-refractivity contribution is 1.11. The predicted molar refractivity (Wildman–Crippen MR) is 63.7 cm³/mol. The smallest absolute Gasteiger partial charge is 0.158 e. The third kappa shape index (κ3) is 2.55. The maximum atomic E-state index is 8.61. The second kappa shape index (κ2) is 4.58. The van der Waals surface area contributed by atoms with Crippen LogP contribution >= 0.6 is 0 Å². The highest BCUT2D eigenvalue weighted by atomic mass is 15.0. The molecule has 0 fully saturated rings. The van der Waals surface area contributed by atoms with E-state index < -0.39 is 0 Å². The Morgan fingerprint density at radius 3 is 2.59 bits per heavy atom. The highest BCUT2D eigenvalue weighted by Gasteiger charge is 2.02. The topological polar surface area (TPSA) is 74.5 Å². The number of pyridine rings is 1. The summed E-state index contributed by atoms with van der Waals surface area (Å²) in [6, 6.07) is 5.79. The number of rotatable bonds is 2. The van der Waals surface area contributed by atoms with Crippen LogP contribution in [0, 0.1) is 25.2 Å². The van der Waals surface area contributed by atoms with Gasteiger partial charge in [-0.3, -0.25) is 4.98 Å². The van der Waals surface area contributed by atoms with E-state index in [0.29, 0.717) is 11.5 Å². The van der Waals surface area contributed by atoms with Crippen LogP contribution in [0.5, 0.6) is 0 Å². The summed E-state index contributed by atoms with van der Waals surface area (Å²) >= 11 is 0. The molecule has 0 radical (unpaired) electrons. The first-order valence-corrected chi connectivity index (χ1v) is 5.12. The zero-order chi connectivity index (χ0) is 12.3. The molecule has 2 aromatic rings. The number of nitrogens with zero attached hydrogens (tertiary/aromatic N) is 4. The van der Waals surface area contributed by atoms with Crippen LogP contribution in [0.3, 0.4) is 0 Å². The van der Waals surface area contributed by atoms with Gasteiger partial charge >= 0.3 is 0 Å². The van der Waals surface area contributed by atoms with Crippen molar-refractivity contribution in [2.24, 2.45) is 0 Å². The molecule has 2 rings (SSSR count). The maximum Gasteiger partial charge on any atom is 0.158 e. The Labute approximate surface area is 99.2 Å². The van der Waals surface area contributed by atoms with E-state index in [4.69, 9.17) is 5.26 Å². The number of aromatic nitrogens is 3. The first-order chi connectivity index (χ1) is 8.19. The largest absolute Gasteiger partial charge is 0.337 e. The van der Waals surface area contributed by atoms with Crippen LogP contribution in [0.4, 0.5) is 11.5 Å². The van der Waals surface area contributed by atoms with Crippen molar-refractivity contribution in [3.63, 3.8) is 0 Å². The predicted octanol–water partition coefficient (Wildman–Crippen LogP) is 2.10. The van der Waals surface area contributed by atoms with Gasteiger partial charge < -0.3 is 5.32 Å². The molecule has 0 saturated heterocycles. The van der Waals surface area contributed by atoms with Gasteiger partial charge in [0.05, 0.1) is 23.8 Å². The van der Waals surface area contributed by atoms with Gasteiger partial charge in [0, 0.05) is 5.69 Å². The lowest BCUT2D eigenvalue weighted by Crippen LogP contribution is -1.99. The van der Waals surface area contributed by atoms with Crippen molar-refractivity contribution >= 4 is 11.5 Å². The number of anilines is 2. The first-order valence-electron chi connectivity index (χ1n) is 5.12. The molecule has 84 valence electrons. The quantitative estimate of drug-likeness (QED) is 0.847. The maximum absolute atomic E-state index is 8.61. The molecule has 0 aliphatic rings. The Kier molecular flexibility index (Phi) is 2.97. The molecule has 1 N–H and O–H groups in total. The van der Waals surface area contributed by atoms with E-state index in [1.807, 2.05) is 32.0 Å². The van der Waals surface area contributed by atoms with Crippen molar-refractivity contribution in [3.8, 4) is 6.07 Å². The van der Waals surface area contributed by atoms with Crippen LogP contribution in [0.15, 0.2) is 24.5 Å². The molecule has 5 heteroatoms. The summed E-state index contributed by atoms with van der Waals surface area (Å²) in [5, 5.41) is 11.7. The van der Waals surface area contributed by atoms with E-state index in [0.717, 1.165) is 17.1 Å². The van der Waals surface area contributed by atoms with E-state index in [-0.39, 0.29) is 0 Å². The number of hydrogen-bond donors (Lipinski definition) is 1. The molecular weight excluding hydrogens is 214 g/mol. The second-order valence-corrected chi connectivity index (χ2v) is 3.61. The van der Waals surface area contributed by atoms with Gasteiger partial charge in [-0.15, -0.1) is 0 Å². The molecule has 0 amide bonds. The van der Waals surface area contributed by atoms with Gasteiger partial charge in [-0.2, -0.15) is 5.26 Å². The minimum Gasteiger partial charge on any atom is -0.337 e. The van der Waals surface area contributed by atoms with Crippen molar-refractivity contribution in [3.05, 3.63) is 41.6 Å².